The molecule has 3 heteroatoms. The summed E-state index contributed by atoms with van der Waals surface area (Å²) in [6.07, 6.45) is 4.26. The molecule has 3 atom stereocenters. The van der Waals surface area contributed by atoms with Crippen LogP contribution in [0.15, 0.2) is 24.3 Å². The summed E-state index contributed by atoms with van der Waals surface area (Å²) in [5, 5.41) is 0. The average molecular weight is 246 g/mol. The van der Waals surface area contributed by atoms with Crippen LogP contribution in [0.4, 0.5) is 5.69 Å². The average Bonchev–Trinajstić information content (AvgIpc) is 2.68. The van der Waals surface area contributed by atoms with Crippen molar-refractivity contribution in [2.45, 2.75) is 44.4 Å². The molecular weight excluding hydrogens is 224 g/mol. The van der Waals surface area contributed by atoms with Crippen molar-refractivity contribution in [3.63, 3.8) is 0 Å². The Morgan fingerprint density at radius 2 is 1.94 bits per heavy atom. The summed E-state index contributed by atoms with van der Waals surface area (Å²) >= 11 is 0. The first-order valence-electron chi connectivity index (χ1n) is 6.96. The number of ether oxygens (including phenoxy) is 1. The third kappa shape index (κ3) is 2.38. The highest BCUT2D eigenvalue weighted by atomic mass is 16.5. The molecule has 0 spiro atoms. The van der Waals surface area contributed by atoms with E-state index in [2.05, 4.69) is 36.1 Å². The van der Waals surface area contributed by atoms with Gasteiger partial charge in [0.05, 0.1) is 12.2 Å². The fraction of sp³-hybridized carbons (Fsp3) is 0.600. The molecule has 3 nitrogen and oxygen atoms in total. The zero-order chi connectivity index (χ0) is 12.5. The second-order valence-corrected chi connectivity index (χ2v) is 5.67. The summed E-state index contributed by atoms with van der Waals surface area (Å²) < 4.78 is 5.90. The number of nitrogens with two attached hydrogens (primary N) is 1. The molecule has 1 aromatic rings. The molecule has 0 amide bonds. The Labute approximate surface area is 109 Å². The first kappa shape index (κ1) is 12.0. The lowest BCUT2D eigenvalue weighted by atomic mass is 10.0. The van der Waals surface area contributed by atoms with Crippen LogP contribution in [0.3, 0.4) is 0 Å². The molecule has 2 N–H and O–H groups in total. The van der Waals surface area contributed by atoms with Gasteiger partial charge >= 0.3 is 0 Å². The van der Waals surface area contributed by atoms with Crippen molar-refractivity contribution >= 4 is 5.69 Å². The van der Waals surface area contributed by atoms with Crippen molar-refractivity contribution in [2.24, 2.45) is 5.73 Å². The number of para-hydroxylation sites is 1. The topological polar surface area (TPSA) is 38.5 Å². The van der Waals surface area contributed by atoms with Crippen LogP contribution >= 0.6 is 0 Å². The van der Waals surface area contributed by atoms with E-state index in [0.29, 0.717) is 12.2 Å². The Kier molecular flexibility index (Phi) is 3.27. The van der Waals surface area contributed by atoms with Crippen molar-refractivity contribution < 1.29 is 4.74 Å². The Balaban J connectivity index is 1.83. The van der Waals surface area contributed by atoms with E-state index in [1.54, 1.807) is 0 Å². The van der Waals surface area contributed by atoms with Crippen LogP contribution in [0.25, 0.3) is 0 Å². The second-order valence-electron chi connectivity index (χ2n) is 5.67. The van der Waals surface area contributed by atoms with Crippen molar-refractivity contribution in [1.29, 1.82) is 0 Å². The molecule has 2 aliphatic rings. The van der Waals surface area contributed by atoms with Crippen LogP contribution in [0, 0.1) is 0 Å². The smallest absolute Gasteiger partial charge is 0.0755 e. The molecule has 2 bridgehead atoms. The third-order valence-corrected chi connectivity index (χ3v) is 3.92. The van der Waals surface area contributed by atoms with Gasteiger partial charge in [0.25, 0.3) is 0 Å². The van der Waals surface area contributed by atoms with Crippen LogP contribution in [-0.2, 0) is 11.2 Å². The number of hydrogen-bond donors (Lipinski definition) is 1. The van der Waals surface area contributed by atoms with Crippen molar-refractivity contribution in [3.05, 3.63) is 29.8 Å². The van der Waals surface area contributed by atoms with E-state index < -0.39 is 0 Å². The number of benzene rings is 1. The van der Waals surface area contributed by atoms with E-state index >= 15 is 0 Å². The molecule has 98 valence electrons. The summed E-state index contributed by atoms with van der Waals surface area (Å²) in [7, 11) is 0. The van der Waals surface area contributed by atoms with Gasteiger partial charge in [-0.15, -0.1) is 0 Å². The lowest BCUT2D eigenvalue weighted by molar-refractivity contribution is 0.0304. The van der Waals surface area contributed by atoms with Gasteiger partial charge in [-0.05, 0) is 37.8 Å². The molecule has 0 aromatic heterocycles. The van der Waals surface area contributed by atoms with Crippen molar-refractivity contribution in [2.75, 3.05) is 18.0 Å². The SMILES string of the molecule is CC(N)Cc1ccccc1N1CC2CCC(C1)O2. The summed E-state index contributed by atoms with van der Waals surface area (Å²) in [4.78, 5) is 2.49. The first-order chi connectivity index (χ1) is 8.72. The molecule has 0 aliphatic carbocycles. The molecule has 2 heterocycles. The van der Waals surface area contributed by atoms with E-state index in [9.17, 15) is 0 Å². The maximum atomic E-state index is 5.95. The summed E-state index contributed by atoms with van der Waals surface area (Å²) in [6.45, 7) is 4.14. The maximum absolute atomic E-state index is 5.95. The van der Waals surface area contributed by atoms with Gasteiger partial charge in [0.2, 0.25) is 0 Å². The van der Waals surface area contributed by atoms with E-state index in [0.717, 1.165) is 19.5 Å². The predicted molar refractivity (Wildman–Crippen MR) is 73.9 cm³/mol. The number of hydrogen-bond acceptors (Lipinski definition) is 3. The molecule has 18 heavy (non-hydrogen) atoms. The number of morpholine rings is 1. The second kappa shape index (κ2) is 4.90. The van der Waals surface area contributed by atoms with E-state index in [-0.39, 0.29) is 6.04 Å². The molecule has 3 unspecified atom stereocenters. The standard InChI is InChI=1S/C15H22N2O/c1-11(16)8-12-4-2-3-5-15(12)17-9-13-6-7-14(10-17)18-13/h2-5,11,13-14H,6-10,16H2,1H3. The minimum absolute atomic E-state index is 0.212. The van der Waals surface area contributed by atoms with Crippen LogP contribution in [0.5, 0.6) is 0 Å². The van der Waals surface area contributed by atoms with Crippen LogP contribution in [0.1, 0.15) is 25.3 Å². The lowest BCUT2D eigenvalue weighted by Crippen LogP contribution is -2.43. The van der Waals surface area contributed by atoms with Crippen LogP contribution in [0.2, 0.25) is 0 Å². The highest BCUT2D eigenvalue weighted by molar-refractivity contribution is 5.54. The van der Waals surface area contributed by atoms with Crippen LogP contribution in [-0.4, -0.2) is 31.3 Å². The normalized spacial score (nSPS) is 28.4. The fourth-order valence-electron chi connectivity index (χ4n) is 3.15. The monoisotopic (exact) mass is 246 g/mol. The Morgan fingerprint density at radius 1 is 1.28 bits per heavy atom. The molecule has 2 saturated heterocycles. The minimum Gasteiger partial charge on any atom is -0.371 e. The predicted octanol–water partition coefficient (Wildman–Crippen LogP) is 1.94. The molecule has 0 saturated carbocycles. The fourth-order valence-corrected chi connectivity index (χ4v) is 3.15. The zero-order valence-corrected chi connectivity index (χ0v) is 11.0. The van der Waals surface area contributed by atoms with E-state index in [1.807, 2.05) is 0 Å². The van der Waals surface area contributed by atoms with Gasteiger partial charge in [0, 0.05) is 24.8 Å². The van der Waals surface area contributed by atoms with Gasteiger partial charge in [0.1, 0.15) is 0 Å². The largest absolute Gasteiger partial charge is 0.371 e. The van der Waals surface area contributed by atoms with Crippen molar-refractivity contribution in [3.8, 4) is 0 Å². The van der Waals surface area contributed by atoms with Gasteiger partial charge in [0.15, 0.2) is 0 Å². The van der Waals surface area contributed by atoms with E-state index in [4.69, 9.17) is 10.5 Å². The van der Waals surface area contributed by atoms with Gasteiger partial charge in [-0.2, -0.15) is 0 Å². The van der Waals surface area contributed by atoms with Gasteiger partial charge in [-0.25, -0.2) is 0 Å². The zero-order valence-electron chi connectivity index (χ0n) is 11.0. The minimum atomic E-state index is 0.212. The van der Waals surface area contributed by atoms with Crippen molar-refractivity contribution in [1.82, 2.24) is 0 Å². The first-order valence-corrected chi connectivity index (χ1v) is 6.96. The molecule has 2 aliphatic heterocycles. The quantitative estimate of drug-likeness (QED) is 0.886. The summed E-state index contributed by atoms with van der Waals surface area (Å²) in [5.41, 5.74) is 8.67. The van der Waals surface area contributed by atoms with Gasteiger partial charge in [-0.1, -0.05) is 18.2 Å². The maximum Gasteiger partial charge on any atom is 0.0755 e. The Morgan fingerprint density at radius 3 is 2.61 bits per heavy atom. The summed E-state index contributed by atoms with van der Waals surface area (Å²) in [6, 6.07) is 8.87. The molecule has 1 aromatic carbocycles. The highest BCUT2D eigenvalue weighted by Gasteiger charge is 2.34. The third-order valence-electron chi connectivity index (χ3n) is 3.92. The Hall–Kier alpha value is -1.06. The lowest BCUT2D eigenvalue weighted by Gasteiger charge is -2.35. The molecular formula is C15H22N2O. The van der Waals surface area contributed by atoms with Crippen LogP contribution < -0.4 is 10.6 Å². The molecule has 2 fully saturated rings. The summed E-state index contributed by atoms with van der Waals surface area (Å²) in [5.74, 6) is 0. The number of fused-ring (bicyclic) bond motifs is 2. The number of anilines is 1. The van der Waals surface area contributed by atoms with Gasteiger partial charge in [-0.3, -0.25) is 0 Å². The molecule has 0 radical (unpaired) electrons. The highest BCUT2D eigenvalue weighted by Crippen LogP contribution is 2.31. The van der Waals surface area contributed by atoms with Gasteiger partial charge < -0.3 is 15.4 Å². The molecule has 3 rings (SSSR count). The Bertz CT molecular complexity index is 407. The number of rotatable bonds is 3. The van der Waals surface area contributed by atoms with E-state index in [1.165, 1.54) is 24.1 Å². The number of nitrogens with zero attached hydrogens (tertiary/aromatic N) is 1.